The SMILES string of the molecule is CC(NCC(=O)NC1CC1)C(=O)NCc1ccco1. The molecule has 1 aromatic heterocycles. The van der Waals surface area contributed by atoms with Gasteiger partial charge in [-0.25, -0.2) is 0 Å². The van der Waals surface area contributed by atoms with Gasteiger partial charge in [-0.1, -0.05) is 0 Å². The quantitative estimate of drug-likeness (QED) is 0.655. The molecule has 1 fully saturated rings. The number of carbonyl (C=O) groups is 2. The molecule has 2 rings (SSSR count). The van der Waals surface area contributed by atoms with Crippen LogP contribution < -0.4 is 16.0 Å². The van der Waals surface area contributed by atoms with Crippen LogP contribution in [0.1, 0.15) is 25.5 Å². The molecule has 6 heteroatoms. The van der Waals surface area contributed by atoms with Gasteiger partial charge in [0.1, 0.15) is 5.76 Å². The van der Waals surface area contributed by atoms with E-state index in [2.05, 4.69) is 16.0 Å². The van der Waals surface area contributed by atoms with Gasteiger partial charge in [0.25, 0.3) is 0 Å². The van der Waals surface area contributed by atoms with Crippen molar-refractivity contribution in [3.63, 3.8) is 0 Å². The number of carbonyl (C=O) groups excluding carboxylic acids is 2. The normalized spacial score (nSPS) is 15.8. The minimum absolute atomic E-state index is 0.0619. The summed E-state index contributed by atoms with van der Waals surface area (Å²) in [6, 6.07) is 3.49. The lowest BCUT2D eigenvalue weighted by molar-refractivity contribution is -0.123. The van der Waals surface area contributed by atoms with Crippen LogP contribution in [-0.2, 0) is 16.1 Å². The van der Waals surface area contributed by atoms with Gasteiger partial charge in [-0.15, -0.1) is 0 Å². The lowest BCUT2D eigenvalue weighted by atomic mass is 10.3. The van der Waals surface area contributed by atoms with E-state index < -0.39 is 6.04 Å². The smallest absolute Gasteiger partial charge is 0.237 e. The predicted molar refractivity (Wildman–Crippen MR) is 69.2 cm³/mol. The van der Waals surface area contributed by atoms with Crippen LogP contribution in [0.25, 0.3) is 0 Å². The van der Waals surface area contributed by atoms with Gasteiger partial charge < -0.3 is 15.1 Å². The van der Waals surface area contributed by atoms with Crippen molar-refractivity contribution in [1.29, 1.82) is 0 Å². The highest BCUT2D eigenvalue weighted by Crippen LogP contribution is 2.18. The predicted octanol–water partition coefficient (Wildman–Crippen LogP) is 0.153. The fourth-order valence-corrected chi connectivity index (χ4v) is 1.59. The summed E-state index contributed by atoms with van der Waals surface area (Å²) in [6.45, 7) is 2.24. The van der Waals surface area contributed by atoms with E-state index in [1.54, 1.807) is 25.3 Å². The molecule has 6 nitrogen and oxygen atoms in total. The molecule has 2 amide bonds. The first-order valence-corrected chi connectivity index (χ1v) is 6.48. The van der Waals surface area contributed by atoms with Gasteiger partial charge in [-0.2, -0.15) is 0 Å². The number of hydrogen-bond donors (Lipinski definition) is 3. The van der Waals surface area contributed by atoms with Crippen LogP contribution in [0.2, 0.25) is 0 Å². The van der Waals surface area contributed by atoms with Gasteiger partial charge >= 0.3 is 0 Å². The summed E-state index contributed by atoms with van der Waals surface area (Å²) in [5, 5.41) is 8.48. The second-order valence-corrected chi connectivity index (χ2v) is 4.74. The average Bonchev–Trinajstić information content (AvgIpc) is 3.05. The monoisotopic (exact) mass is 265 g/mol. The molecule has 0 saturated heterocycles. The Kier molecular flexibility index (Phi) is 4.57. The van der Waals surface area contributed by atoms with Crippen molar-refractivity contribution in [1.82, 2.24) is 16.0 Å². The third-order valence-corrected chi connectivity index (χ3v) is 2.92. The van der Waals surface area contributed by atoms with E-state index in [9.17, 15) is 9.59 Å². The van der Waals surface area contributed by atoms with Crippen molar-refractivity contribution < 1.29 is 14.0 Å². The molecule has 104 valence electrons. The maximum Gasteiger partial charge on any atom is 0.237 e. The highest BCUT2D eigenvalue weighted by molar-refractivity contribution is 5.83. The second kappa shape index (κ2) is 6.38. The highest BCUT2D eigenvalue weighted by Gasteiger charge is 2.23. The van der Waals surface area contributed by atoms with Crippen LogP contribution in [0.4, 0.5) is 0 Å². The molecule has 1 aromatic rings. The molecule has 1 aliphatic rings. The summed E-state index contributed by atoms with van der Waals surface area (Å²) < 4.78 is 5.11. The molecule has 1 saturated carbocycles. The standard InChI is InChI=1S/C13H19N3O3/c1-9(14-8-12(17)16-10-4-5-10)13(18)15-7-11-3-2-6-19-11/h2-3,6,9-10,14H,4-5,7-8H2,1H3,(H,15,18)(H,16,17). The molecular weight excluding hydrogens is 246 g/mol. The Morgan fingerprint density at radius 3 is 2.89 bits per heavy atom. The summed E-state index contributed by atoms with van der Waals surface area (Å²) in [5.41, 5.74) is 0. The van der Waals surface area contributed by atoms with E-state index in [-0.39, 0.29) is 18.4 Å². The minimum atomic E-state index is -0.417. The zero-order chi connectivity index (χ0) is 13.7. The summed E-state index contributed by atoms with van der Waals surface area (Å²) in [6.07, 6.45) is 3.68. The lowest BCUT2D eigenvalue weighted by Gasteiger charge is -2.13. The molecule has 0 bridgehead atoms. The van der Waals surface area contributed by atoms with Gasteiger partial charge in [-0.3, -0.25) is 14.9 Å². The molecule has 1 aliphatic carbocycles. The van der Waals surface area contributed by atoms with Crippen LogP contribution in [0, 0.1) is 0 Å². The summed E-state index contributed by atoms with van der Waals surface area (Å²) in [7, 11) is 0. The van der Waals surface area contributed by atoms with E-state index >= 15 is 0 Å². The van der Waals surface area contributed by atoms with Crippen LogP contribution >= 0.6 is 0 Å². The van der Waals surface area contributed by atoms with E-state index in [1.807, 2.05) is 0 Å². The van der Waals surface area contributed by atoms with Gasteiger partial charge in [0.05, 0.1) is 25.4 Å². The largest absolute Gasteiger partial charge is 0.467 e. The first-order chi connectivity index (χ1) is 9.15. The van der Waals surface area contributed by atoms with Crippen LogP contribution in [0.3, 0.4) is 0 Å². The second-order valence-electron chi connectivity index (χ2n) is 4.74. The zero-order valence-corrected chi connectivity index (χ0v) is 10.9. The Balaban J connectivity index is 1.62. The van der Waals surface area contributed by atoms with Crippen molar-refractivity contribution in [2.75, 3.05) is 6.54 Å². The number of amides is 2. The fourth-order valence-electron chi connectivity index (χ4n) is 1.59. The molecule has 0 spiro atoms. The van der Waals surface area contributed by atoms with Crippen LogP contribution in [0.15, 0.2) is 22.8 Å². The van der Waals surface area contributed by atoms with Gasteiger partial charge in [-0.05, 0) is 31.9 Å². The molecule has 1 heterocycles. The summed E-state index contributed by atoms with van der Waals surface area (Å²) in [4.78, 5) is 23.2. The molecule has 3 N–H and O–H groups in total. The van der Waals surface area contributed by atoms with E-state index in [1.165, 1.54) is 0 Å². The van der Waals surface area contributed by atoms with Gasteiger partial charge in [0, 0.05) is 6.04 Å². The van der Waals surface area contributed by atoms with E-state index in [4.69, 9.17) is 4.42 Å². The molecule has 0 aliphatic heterocycles. The molecular formula is C13H19N3O3. The third-order valence-electron chi connectivity index (χ3n) is 2.92. The highest BCUT2D eigenvalue weighted by atomic mass is 16.3. The van der Waals surface area contributed by atoms with Gasteiger partial charge in [0.15, 0.2) is 0 Å². The summed E-state index contributed by atoms with van der Waals surface area (Å²) >= 11 is 0. The zero-order valence-electron chi connectivity index (χ0n) is 10.9. The number of rotatable bonds is 7. The molecule has 1 unspecified atom stereocenters. The van der Waals surface area contributed by atoms with Crippen molar-refractivity contribution in [3.8, 4) is 0 Å². The Morgan fingerprint density at radius 2 is 2.26 bits per heavy atom. The van der Waals surface area contributed by atoms with Crippen molar-refractivity contribution >= 4 is 11.8 Å². The number of nitrogens with one attached hydrogen (secondary N) is 3. The van der Waals surface area contributed by atoms with Crippen molar-refractivity contribution in [2.24, 2.45) is 0 Å². The first-order valence-electron chi connectivity index (χ1n) is 6.48. The third kappa shape index (κ3) is 4.75. The first kappa shape index (κ1) is 13.6. The van der Waals surface area contributed by atoms with Crippen molar-refractivity contribution in [3.05, 3.63) is 24.2 Å². The molecule has 19 heavy (non-hydrogen) atoms. The maximum absolute atomic E-state index is 11.7. The topological polar surface area (TPSA) is 83.4 Å². The molecule has 1 atom stereocenters. The van der Waals surface area contributed by atoms with Gasteiger partial charge in [0.2, 0.25) is 11.8 Å². The van der Waals surface area contributed by atoms with E-state index in [0.29, 0.717) is 18.3 Å². The minimum Gasteiger partial charge on any atom is -0.467 e. The Hall–Kier alpha value is -1.82. The number of hydrogen-bond acceptors (Lipinski definition) is 4. The summed E-state index contributed by atoms with van der Waals surface area (Å²) in [5.74, 6) is 0.482. The van der Waals surface area contributed by atoms with E-state index in [0.717, 1.165) is 12.8 Å². The molecule has 0 radical (unpaired) electrons. The Morgan fingerprint density at radius 1 is 1.47 bits per heavy atom. The maximum atomic E-state index is 11.7. The lowest BCUT2D eigenvalue weighted by Crippen LogP contribution is -2.46. The van der Waals surface area contributed by atoms with Crippen LogP contribution in [-0.4, -0.2) is 30.4 Å². The van der Waals surface area contributed by atoms with Crippen LogP contribution in [0.5, 0.6) is 0 Å². The Bertz CT molecular complexity index is 426. The Labute approximate surface area is 111 Å². The average molecular weight is 265 g/mol. The fraction of sp³-hybridized carbons (Fsp3) is 0.538. The number of furan rings is 1. The molecule has 0 aromatic carbocycles. The van der Waals surface area contributed by atoms with Crippen molar-refractivity contribution in [2.45, 2.75) is 38.4 Å².